The van der Waals surface area contributed by atoms with Gasteiger partial charge in [0.2, 0.25) is 0 Å². The van der Waals surface area contributed by atoms with Crippen LogP contribution < -0.4 is 0 Å². The molecule has 1 unspecified atom stereocenters. The third kappa shape index (κ3) is 26.1. The van der Waals surface area contributed by atoms with Gasteiger partial charge >= 0.3 is 0 Å². The lowest BCUT2D eigenvalue weighted by atomic mass is 9.80. The van der Waals surface area contributed by atoms with Gasteiger partial charge in [-0.25, -0.2) is 0 Å². The third-order valence-electron chi connectivity index (χ3n) is 9.41. The molecule has 1 saturated carbocycles. The summed E-state index contributed by atoms with van der Waals surface area (Å²) in [4.78, 5) is 0. The molecule has 40 heavy (non-hydrogen) atoms. The molecule has 236 valence electrons. The molecule has 1 fully saturated rings. The molecule has 0 heterocycles. The second kappa shape index (κ2) is 31.2. The Morgan fingerprint density at radius 3 is 1.73 bits per heavy atom. The van der Waals surface area contributed by atoms with E-state index >= 15 is 0 Å². The Balaban J connectivity index is 0.000000968. The maximum atomic E-state index is 4.32. The molecule has 1 rings (SSSR count). The molecular weight excluding hydrogens is 480 g/mol. The molecule has 1 atom stereocenters. The summed E-state index contributed by atoms with van der Waals surface area (Å²) in [5.74, 6) is 2.81. The average Bonchev–Trinajstić information content (AvgIpc) is 2.98. The van der Waals surface area contributed by atoms with Crippen LogP contribution in [0.15, 0.2) is 37.0 Å². The van der Waals surface area contributed by atoms with Crippen molar-refractivity contribution in [1.82, 2.24) is 0 Å². The van der Waals surface area contributed by atoms with Gasteiger partial charge in [-0.15, -0.1) is 6.58 Å². The van der Waals surface area contributed by atoms with Crippen LogP contribution in [0.4, 0.5) is 0 Å². The summed E-state index contributed by atoms with van der Waals surface area (Å²) in [6.07, 6.45) is 44.4. The zero-order chi connectivity index (χ0) is 29.5. The van der Waals surface area contributed by atoms with Gasteiger partial charge in [-0.1, -0.05) is 154 Å². The van der Waals surface area contributed by atoms with Crippen LogP contribution in [0.5, 0.6) is 0 Å². The molecule has 0 heteroatoms. The summed E-state index contributed by atoms with van der Waals surface area (Å²) >= 11 is 0. The lowest BCUT2D eigenvalue weighted by molar-refractivity contribution is 0.289. The van der Waals surface area contributed by atoms with Crippen molar-refractivity contribution < 1.29 is 0 Å². The van der Waals surface area contributed by atoms with Crippen molar-refractivity contribution in [3.63, 3.8) is 0 Å². The Kier molecular flexibility index (Phi) is 30.6. The first kappa shape index (κ1) is 39.2. The van der Waals surface area contributed by atoms with Crippen molar-refractivity contribution in [3.05, 3.63) is 37.0 Å². The Morgan fingerprint density at radius 2 is 1.18 bits per heavy atom. The normalized spacial score (nSPS) is 17.9. The maximum absolute atomic E-state index is 4.32. The van der Waals surface area contributed by atoms with Gasteiger partial charge in [-0.05, 0) is 94.8 Å². The highest BCUT2D eigenvalue weighted by Gasteiger charge is 2.18. The second-order valence-corrected chi connectivity index (χ2v) is 13.2. The predicted octanol–water partition coefficient (Wildman–Crippen LogP) is 14.7. The van der Waals surface area contributed by atoms with E-state index in [2.05, 4.69) is 59.1 Å². The highest BCUT2D eigenvalue weighted by atomic mass is 14.2. The summed E-state index contributed by atoms with van der Waals surface area (Å²) in [6.45, 7) is 17.4. The molecule has 0 aliphatic heterocycles. The monoisotopic (exact) mass is 557 g/mol. The fourth-order valence-corrected chi connectivity index (χ4v) is 6.34. The zero-order valence-electron chi connectivity index (χ0n) is 28.5. The quantitative estimate of drug-likeness (QED) is 0.0734. The number of hydrogen-bond donors (Lipinski definition) is 0. The van der Waals surface area contributed by atoms with Gasteiger partial charge in [0.1, 0.15) is 0 Å². The van der Waals surface area contributed by atoms with E-state index in [0.29, 0.717) is 0 Å². The van der Waals surface area contributed by atoms with Crippen molar-refractivity contribution in [3.8, 4) is 0 Å². The topological polar surface area (TPSA) is 0 Å². The molecule has 0 radical (unpaired) electrons. The van der Waals surface area contributed by atoms with E-state index in [9.17, 15) is 0 Å². The van der Waals surface area contributed by atoms with Gasteiger partial charge in [0.05, 0.1) is 0 Å². The number of allylic oxidation sites excluding steroid dienone is 4. The summed E-state index contributed by atoms with van der Waals surface area (Å²) in [5, 5.41) is 0. The van der Waals surface area contributed by atoms with E-state index < -0.39 is 0 Å². The first-order chi connectivity index (χ1) is 19.6. The van der Waals surface area contributed by atoms with Gasteiger partial charge in [-0.3, -0.25) is 0 Å². The van der Waals surface area contributed by atoms with Gasteiger partial charge in [0.15, 0.2) is 0 Å². The van der Waals surface area contributed by atoms with Crippen LogP contribution in [0.25, 0.3) is 0 Å². The summed E-state index contributed by atoms with van der Waals surface area (Å²) < 4.78 is 0. The summed E-state index contributed by atoms with van der Waals surface area (Å²) in [7, 11) is 0. The van der Waals surface area contributed by atoms with E-state index in [1.165, 1.54) is 179 Å². The molecule has 0 bridgehead atoms. The van der Waals surface area contributed by atoms with Gasteiger partial charge in [0.25, 0.3) is 0 Å². The molecule has 0 spiro atoms. The first-order valence-corrected chi connectivity index (χ1v) is 18.5. The zero-order valence-corrected chi connectivity index (χ0v) is 28.5. The van der Waals surface area contributed by atoms with Crippen LogP contribution in [0.2, 0.25) is 0 Å². The Morgan fingerprint density at radius 1 is 0.625 bits per heavy atom. The van der Waals surface area contributed by atoms with Crippen molar-refractivity contribution in [2.24, 2.45) is 17.8 Å². The molecule has 0 aromatic heterocycles. The first-order valence-electron chi connectivity index (χ1n) is 18.5. The van der Waals surface area contributed by atoms with Crippen LogP contribution in [0.1, 0.15) is 201 Å². The van der Waals surface area contributed by atoms with Gasteiger partial charge in [-0.2, -0.15) is 0 Å². The molecular formula is C40H76. The van der Waals surface area contributed by atoms with Crippen molar-refractivity contribution in [2.75, 3.05) is 0 Å². The highest BCUT2D eigenvalue weighted by molar-refractivity contribution is 4.94. The number of unbranched alkanes of at least 4 members (excludes halogenated alkanes) is 13. The molecule has 1 aliphatic carbocycles. The maximum Gasteiger partial charge on any atom is -0.0236 e. The Bertz CT molecular complexity index is 546. The summed E-state index contributed by atoms with van der Waals surface area (Å²) in [6, 6.07) is 0. The van der Waals surface area contributed by atoms with E-state index in [1.54, 1.807) is 0 Å². The van der Waals surface area contributed by atoms with Gasteiger partial charge in [0, 0.05) is 0 Å². The third-order valence-corrected chi connectivity index (χ3v) is 9.41. The molecule has 0 saturated heterocycles. The average molecular weight is 557 g/mol. The molecule has 0 nitrogen and oxygen atoms in total. The molecule has 0 amide bonds. The van der Waals surface area contributed by atoms with Crippen molar-refractivity contribution >= 4 is 0 Å². The lowest BCUT2D eigenvalue weighted by Gasteiger charge is -2.26. The largest absolute Gasteiger partial charge is 0.103 e. The standard InChI is InChI=1S/C27H52.C13H24/c1-5-8-9-10-11-12-13-14-15-16-17-18-19-20-21-23-26(4)24-25-27(7-3)22-6-2;1-3-5-6-7-13-10-8-12(4-2)9-11-13/h11-12,27H,4-10,13-25H2,1-3H3;4,12-13H,2-3,5-11H2,1H3/b12-11-;. The molecule has 1 aliphatic rings. The minimum atomic E-state index is 0.836. The minimum Gasteiger partial charge on any atom is -0.103 e. The minimum absolute atomic E-state index is 0.836. The van der Waals surface area contributed by atoms with Crippen LogP contribution in [0, 0.1) is 17.8 Å². The smallest absolute Gasteiger partial charge is 0.0236 e. The van der Waals surface area contributed by atoms with E-state index in [4.69, 9.17) is 0 Å². The van der Waals surface area contributed by atoms with E-state index in [-0.39, 0.29) is 0 Å². The van der Waals surface area contributed by atoms with Crippen LogP contribution >= 0.6 is 0 Å². The predicted molar refractivity (Wildman–Crippen MR) is 186 cm³/mol. The van der Waals surface area contributed by atoms with Crippen LogP contribution in [0.3, 0.4) is 0 Å². The molecule has 0 aromatic carbocycles. The molecule has 0 aromatic rings. The van der Waals surface area contributed by atoms with E-state index in [0.717, 1.165) is 17.8 Å². The highest BCUT2D eigenvalue weighted by Crippen LogP contribution is 2.32. The van der Waals surface area contributed by atoms with Gasteiger partial charge < -0.3 is 0 Å². The SMILES string of the molecule is C=C(CCCCCCCCCC/C=C\CCCCC)CCC(CC)CCC.C=CC1CCC(CCCCC)CC1. The van der Waals surface area contributed by atoms with Crippen molar-refractivity contribution in [1.29, 1.82) is 0 Å². The summed E-state index contributed by atoms with van der Waals surface area (Å²) in [5.41, 5.74) is 1.51. The van der Waals surface area contributed by atoms with Crippen molar-refractivity contribution in [2.45, 2.75) is 201 Å². The fraction of sp³-hybridized carbons (Fsp3) is 0.850. The second-order valence-electron chi connectivity index (χ2n) is 13.2. The number of hydrogen-bond acceptors (Lipinski definition) is 0. The molecule has 0 N–H and O–H groups in total. The lowest BCUT2D eigenvalue weighted by Crippen LogP contribution is -2.12. The fourth-order valence-electron chi connectivity index (χ4n) is 6.34. The van der Waals surface area contributed by atoms with E-state index in [1.807, 2.05) is 0 Å². The van der Waals surface area contributed by atoms with Crippen LogP contribution in [-0.2, 0) is 0 Å². The number of rotatable bonds is 26. The Hall–Kier alpha value is -0.780. The Labute approximate surface area is 255 Å². The van der Waals surface area contributed by atoms with Crippen LogP contribution in [-0.4, -0.2) is 0 Å².